The van der Waals surface area contributed by atoms with E-state index in [9.17, 15) is 0 Å². The molecular weight excluding hydrogens is 340 g/mol. The summed E-state index contributed by atoms with van der Waals surface area (Å²) < 4.78 is 1.04. The molecule has 0 bridgehead atoms. The fourth-order valence-corrected chi connectivity index (χ4v) is 3.30. The van der Waals surface area contributed by atoms with Gasteiger partial charge in [0.1, 0.15) is 5.82 Å². The van der Waals surface area contributed by atoms with Crippen molar-refractivity contribution >= 4 is 33.4 Å². The van der Waals surface area contributed by atoms with Crippen LogP contribution in [0.4, 0.5) is 17.5 Å². The summed E-state index contributed by atoms with van der Waals surface area (Å²) in [5.41, 5.74) is 3.24. The fraction of sp³-hybridized carbons (Fsp3) is 0.412. The van der Waals surface area contributed by atoms with Crippen LogP contribution in [0, 0.1) is 13.8 Å². The van der Waals surface area contributed by atoms with Crippen LogP contribution < -0.4 is 10.2 Å². The van der Waals surface area contributed by atoms with Gasteiger partial charge in [-0.05, 0) is 66.7 Å². The standard InChI is InChI=1S/C17H21BrN4/c1-12-6-7-15(14(18)10-12)20-16-11-13(2)19-17(21-16)22-8-4-3-5-9-22/h6-7,10-11H,3-5,8-9H2,1-2H3,(H,19,20,21). The molecule has 1 N–H and O–H groups in total. The Kier molecular flexibility index (Phi) is 4.62. The van der Waals surface area contributed by atoms with Crippen LogP contribution in [0.3, 0.4) is 0 Å². The Balaban J connectivity index is 1.85. The Morgan fingerprint density at radius 3 is 2.55 bits per heavy atom. The molecule has 0 spiro atoms. The van der Waals surface area contributed by atoms with Crippen LogP contribution >= 0.6 is 15.9 Å². The molecule has 0 unspecified atom stereocenters. The summed E-state index contributed by atoms with van der Waals surface area (Å²) >= 11 is 3.60. The first-order valence-electron chi connectivity index (χ1n) is 7.75. The van der Waals surface area contributed by atoms with Gasteiger partial charge in [0.15, 0.2) is 0 Å². The van der Waals surface area contributed by atoms with Gasteiger partial charge in [-0.2, -0.15) is 4.98 Å². The number of piperidine rings is 1. The fourth-order valence-electron chi connectivity index (χ4n) is 2.71. The van der Waals surface area contributed by atoms with Crippen molar-refractivity contribution in [2.24, 2.45) is 0 Å². The summed E-state index contributed by atoms with van der Waals surface area (Å²) in [6.07, 6.45) is 3.76. The van der Waals surface area contributed by atoms with Gasteiger partial charge in [0.05, 0.1) is 5.69 Å². The second kappa shape index (κ2) is 6.65. The second-order valence-corrected chi connectivity index (χ2v) is 6.70. The Morgan fingerprint density at radius 2 is 1.82 bits per heavy atom. The molecule has 0 saturated carbocycles. The van der Waals surface area contributed by atoms with Crippen molar-refractivity contribution in [3.05, 3.63) is 40.0 Å². The zero-order valence-corrected chi connectivity index (χ0v) is 14.7. The summed E-state index contributed by atoms with van der Waals surface area (Å²) in [5, 5.41) is 3.40. The van der Waals surface area contributed by atoms with Crippen molar-refractivity contribution in [2.45, 2.75) is 33.1 Å². The van der Waals surface area contributed by atoms with Crippen LogP contribution in [0.5, 0.6) is 0 Å². The summed E-state index contributed by atoms with van der Waals surface area (Å²) in [5.74, 6) is 1.68. The van der Waals surface area contributed by atoms with Crippen molar-refractivity contribution in [1.29, 1.82) is 0 Å². The maximum absolute atomic E-state index is 4.70. The van der Waals surface area contributed by atoms with Gasteiger partial charge in [-0.3, -0.25) is 0 Å². The van der Waals surface area contributed by atoms with Crippen LogP contribution in [0.15, 0.2) is 28.7 Å². The lowest BCUT2D eigenvalue weighted by atomic mass is 10.1. The third kappa shape index (κ3) is 3.58. The molecule has 1 aliphatic rings. The van der Waals surface area contributed by atoms with Crippen LogP contribution in [-0.4, -0.2) is 23.1 Å². The van der Waals surface area contributed by atoms with Crippen LogP contribution in [-0.2, 0) is 0 Å². The van der Waals surface area contributed by atoms with E-state index in [1.54, 1.807) is 0 Å². The highest BCUT2D eigenvalue weighted by atomic mass is 79.9. The van der Waals surface area contributed by atoms with Crippen LogP contribution in [0.1, 0.15) is 30.5 Å². The van der Waals surface area contributed by atoms with Gasteiger partial charge in [-0.1, -0.05) is 6.07 Å². The molecule has 1 aromatic heterocycles. The van der Waals surface area contributed by atoms with Gasteiger partial charge >= 0.3 is 0 Å². The summed E-state index contributed by atoms with van der Waals surface area (Å²) in [4.78, 5) is 11.6. The van der Waals surface area contributed by atoms with Gasteiger partial charge in [0, 0.05) is 29.3 Å². The van der Waals surface area contributed by atoms with E-state index in [0.717, 1.165) is 40.7 Å². The van der Waals surface area contributed by atoms with Gasteiger partial charge in [0.2, 0.25) is 5.95 Å². The number of rotatable bonds is 3. The van der Waals surface area contributed by atoms with Crippen LogP contribution in [0.25, 0.3) is 0 Å². The maximum Gasteiger partial charge on any atom is 0.227 e. The van der Waals surface area contributed by atoms with Crippen LogP contribution in [0.2, 0.25) is 0 Å². The van der Waals surface area contributed by atoms with E-state index in [1.165, 1.54) is 24.8 Å². The predicted octanol–water partition coefficient (Wildman–Crippen LogP) is 4.59. The first-order chi connectivity index (χ1) is 10.6. The van der Waals surface area contributed by atoms with Crippen molar-refractivity contribution in [3.8, 4) is 0 Å². The molecule has 4 nitrogen and oxygen atoms in total. The Hall–Kier alpha value is -1.62. The highest BCUT2D eigenvalue weighted by molar-refractivity contribution is 9.10. The maximum atomic E-state index is 4.70. The molecule has 0 atom stereocenters. The van der Waals surface area contributed by atoms with E-state index in [0.29, 0.717) is 0 Å². The van der Waals surface area contributed by atoms with Crippen molar-refractivity contribution in [3.63, 3.8) is 0 Å². The number of anilines is 3. The number of halogens is 1. The Morgan fingerprint density at radius 1 is 1.05 bits per heavy atom. The molecular formula is C17H21BrN4. The molecule has 0 amide bonds. The lowest BCUT2D eigenvalue weighted by Gasteiger charge is -2.27. The topological polar surface area (TPSA) is 41.1 Å². The quantitative estimate of drug-likeness (QED) is 0.868. The van der Waals surface area contributed by atoms with Crippen molar-refractivity contribution < 1.29 is 0 Å². The average Bonchev–Trinajstić information content (AvgIpc) is 2.50. The number of benzene rings is 1. The highest BCUT2D eigenvalue weighted by Crippen LogP contribution is 2.27. The molecule has 116 valence electrons. The van der Waals surface area contributed by atoms with E-state index in [2.05, 4.69) is 56.3 Å². The normalized spacial score (nSPS) is 15.0. The molecule has 1 aromatic carbocycles. The molecule has 0 radical (unpaired) electrons. The lowest BCUT2D eigenvalue weighted by Crippen LogP contribution is -2.31. The molecule has 3 rings (SSSR count). The monoisotopic (exact) mass is 360 g/mol. The molecule has 22 heavy (non-hydrogen) atoms. The second-order valence-electron chi connectivity index (χ2n) is 5.85. The van der Waals surface area contributed by atoms with Crippen molar-refractivity contribution in [1.82, 2.24) is 9.97 Å². The Bertz CT molecular complexity index is 666. The molecule has 1 fully saturated rings. The molecule has 2 heterocycles. The third-order valence-corrected chi connectivity index (χ3v) is 4.52. The minimum absolute atomic E-state index is 0.838. The van der Waals surface area contributed by atoms with E-state index in [-0.39, 0.29) is 0 Å². The van der Waals surface area contributed by atoms with Crippen molar-refractivity contribution in [2.75, 3.05) is 23.3 Å². The minimum atomic E-state index is 0.838. The van der Waals surface area contributed by atoms with E-state index in [1.807, 2.05) is 13.0 Å². The average molecular weight is 361 g/mol. The minimum Gasteiger partial charge on any atom is -0.341 e. The largest absolute Gasteiger partial charge is 0.341 e. The zero-order valence-electron chi connectivity index (χ0n) is 13.1. The molecule has 0 aliphatic carbocycles. The SMILES string of the molecule is Cc1ccc(Nc2cc(C)nc(N3CCCCC3)n2)c(Br)c1. The lowest BCUT2D eigenvalue weighted by molar-refractivity contribution is 0.568. The van der Waals surface area contributed by atoms with Gasteiger partial charge < -0.3 is 10.2 Å². The summed E-state index contributed by atoms with van der Waals surface area (Å²) in [7, 11) is 0. The number of nitrogens with one attached hydrogen (secondary N) is 1. The van der Waals surface area contributed by atoms with E-state index >= 15 is 0 Å². The summed E-state index contributed by atoms with van der Waals surface area (Å²) in [6, 6.07) is 8.24. The van der Waals surface area contributed by atoms with Gasteiger partial charge in [0.25, 0.3) is 0 Å². The van der Waals surface area contributed by atoms with E-state index in [4.69, 9.17) is 4.98 Å². The number of nitrogens with zero attached hydrogens (tertiary/aromatic N) is 3. The number of hydrogen-bond acceptors (Lipinski definition) is 4. The van der Waals surface area contributed by atoms with E-state index < -0.39 is 0 Å². The van der Waals surface area contributed by atoms with Gasteiger partial charge in [-0.25, -0.2) is 4.98 Å². The summed E-state index contributed by atoms with van der Waals surface area (Å²) in [6.45, 7) is 6.20. The molecule has 5 heteroatoms. The Labute approximate surface area is 140 Å². The first-order valence-corrected chi connectivity index (χ1v) is 8.55. The van der Waals surface area contributed by atoms with Gasteiger partial charge in [-0.15, -0.1) is 0 Å². The third-order valence-electron chi connectivity index (χ3n) is 3.87. The number of aryl methyl sites for hydroxylation is 2. The first kappa shape index (κ1) is 15.3. The smallest absolute Gasteiger partial charge is 0.227 e. The number of aromatic nitrogens is 2. The molecule has 1 aliphatic heterocycles. The zero-order chi connectivity index (χ0) is 15.5. The number of hydrogen-bond donors (Lipinski definition) is 1. The molecule has 2 aromatic rings. The highest BCUT2D eigenvalue weighted by Gasteiger charge is 2.15. The molecule has 1 saturated heterocycles. The predicted molar refractivity (Wildman–Crippen MR) is 95.0 cm³/mol.